The molecular formula is C10H17N3O. The van der Waals surface area contributed by atoms with Crippen LogP contribution >= 0.6 is 0 Å². The molecule has 0 amide bonds. The summed E-state index contributed by atoms with van der Waals surface area (Å²) in [6, 6.07) is 0. The summed E-state index contributed by atoms with van der Waals surface area (Å²) in [5.74, 6) is 0.950. The van der Waals surface area contributed by atoms with Crippen LogP contribution in [-0.2, 0) is 7.05 Å². The van der Waals surface area contributed by atoms with Crippen molar-refractivity contribution in [1.29, 1.82) is 0 Å². The van der Waals surface area contributed by atoms with Gasteiger partial charge in [-0.05, 0) is 6.42 Å². The first-order chi connectivity index (χ1) is 6.64. The summed E-state index contributed by atoms with van der Waals surface area (Å²) in [6.07, 6.45) is 5.62. The lowest BCUT2D eigenvalue weighted by Gasteiger charge is -2.46. The van der Waals surface area contributed by atoms with Crippen molar-refractivity contribution in [2.24, 2.45) is 7.05 Å². The zero-order valence-corrected chi connectivity index (χ0v) is 8.77. The zero-order chi connectivity index (χ0) is 10.2. The van der Waals surface area contributed by atoms with Crippen molar-refractivity contribution in [2.45, 2.75) is 25.4 Å². The summed E-state index contributed by atoms with van der Waals surface area (Å²) < 4.78 is 1.98. The number of aliphatic hydroxyl groups is 1. The Balaban J connectivity index is 1.98. The van der Waals surface area contributed by atoms with E-state index in [1.165, 1.54) is 0 Å². The van der Waals surface area contributed by atoms with Crippen LogP contribution in [0.4, 0.5) is 5.95 Å². The number of aryl methyl sites for hydroxylation is 1. The lowest BCUT2D eigenvalue weighted by Crippen LogP contribution is -2.62. The number of hydrogen-bond donors (Lipinski definition) is 1. The van der Waals surface area contributed by atoms with Crippen LogP contribution < -0.4 is 4.90 Å². The standard InChI is InChI=1S/C10H17N3O/c1-3-4-10(14)7-13(8-10)9-11-5-6-12(9)2/h5-6,14H,3-4,7-8H2,1-2H3. The van der Waals surface area contributed by atoms with E-state index in [-0.39, 0.29) is 0 Å². The Morgan fingerprint density at radius 1 is 1.57 bits per heavy atom. The molecule has 4 nitrogen and oxygen atoms in total. The van der Waals surface area contributed by atoms with Gasteiger partial charge >= 0.3 is 0 Å². The Morgan fingerprint density at radius 3 is 2.79 bits per heavy atom. The molecule has 0 bridgehead atoms. The van der Waals surface area contributed by atoms with Gasteiger partial charge in [-0.2, -0.15) is 0 Å². The highest BCUT2D eigenvalue weighted by Crippen LogP contribution is 2.29. The summed E-state index contributed by atoms with van der Waals surface area (Å²) in [5, 5.41) is 9.99. The van der Waals surface area contributed by atoms with Crippen LogP contribution in [0.5, 0.6) is 0 Å². The molecule has 1 saturated heterocycles. The Kier molecular flexibility index (Phi) is 2.23. The van der Waals surface area contributed by atoms with Gasteiger partial charge in [0.2, 0.25) is 5.95 Å². The smallest absolute Gasteiger partial charge is 0.205 e. The summed E-state index contributed by atoms with van der Waals surface area (Å²) in [6.45, 7) is 3.53. The molecule has 0 saturated carbocycles. The number of aromatic nitrogens is 2. The average molecular weight is 195 g/mol. The van der Waals surface area contributed by atoms with E-state index in [1.54, 1.807) is 6.20 Å². The largest absolute Gasteiger partial charge is 0.386 e. The van der Waals surface area contributed by atoms with E-state index in [9.17, 15) is 5.11 Å². The van der Waals surface area contributed by atoms with Crippen LogP contribution in [0.25, 0.3) is 0 Å². The first-order valence-electron chi connectivity index (χ1n) is 5.09. The molecule has 1 N–H and O–H groups in total. The van der Waals surface area contributed by atoms with Crippen LogP contribution in [0.1, 0.15) is 19.8 Å². The summed E-state index contributed by atoms with van der Waals surface area (Å²) in [4.78, 5) is 6.35. The van der Waals surface area contributed by atoms with Crippen molar-refractivity contribution < 1.29 is 5.11 Å². The van der Waals surface area contributed by atoms with Crippen LogP contribution in [0.15, 0.2) is 12.4 Å². The second-order valence-corrected chi connectivity index (χ2v) is 4.17. The van der Waals surface area contributed by atoms with E-state index in [4.69, 9.17) is 0 Å². The molecule has 2 heterocycles. The van der Waals surface area contributed by atoms with Gasteiger partial charge in [0.15, 0.2) is 0 Å². The van der Waals surface area contributed by atoms with E-state index in [0.29, 0.717) is 13.1 Å². The van der Waals surface area contributed by atoms with Gasteiger partial charge in [-0.3, -0.25) is 0 Å². The van der Waals surface area contributed by atoms with Gasteiger partial charge in [0.05, 0.1) is 18.7 Å². The highest BCUT2D eigenvalue weighted by Gasteiger charge is 2.41. The summed E-state index contributed by atoms with van der Waals surface area (Å²) in [7, 11) is 1.97. The molecule has 1 aliphatic heterocycles. The van der Waals surface area contributed by atoms with Crippen LogP contribution in [0.2, 0.25) is 0 Å². The maximum absolute atomic E-state index is 9.99. The SMILES string of the molecule is CCCC1(O)CN(c2nccn2C)C1. The average Bonchev–Trinajstić information content (AvgIpc) is 2.47. The van der Waals surface area contributed by atoms with Crippen molar-refractivity contribution in [1.82, 2.24) is 9.55 Å². The third kappa shape index (κ3) is 1.50. The maximum Gasteiger partial charge on any atom is 0.205 e. The maximum atomic E-state index is 9.99. The Hall–Kier alpha value is -1.03. The fraction of sp³-hybridized carbons (Fsp3) is 0.700. The van der Waals surface area contributed by atoms with Crippen molar-refractivity contribution in [2.75, 3.05) is 18.0 Å². The van der Waals surface area contributed by atoms with Crippen molar-refractivity contribution >= 4 is 5.95 Å². The second kappa shape index (κ2) is 3.28. The highest BCUT2D eigenvalue weighted by molar-refractivity contribution is 5.38. The predicted molar refractivity (Wildman–Crippen MR) is 55.3 cm³/mol. The summed E-state index contributed by atoms with van der Waals surface area (Å²) >= 11 is 0. The number of β-amino-alcohol motifs (C(OH)–C–C–N with tert-alkyl or cyclic N) is 1. The molecule has 0 radical (unpaired) electrons. The zero-order valence-electron chi connectivity index (χ0n) is 8.77. The van der Waals surface area contributed by atoms with E-state index in [1.807, 2.05) is 17.8 Å². The van der Waals surface area contributed by atoms with Crippen LogP contribution in [0, 0.1) is 0 Å². The molecule has 0 unspecified atom stereocenters. The van der Waals surface area contributed by atoms with Gasteiger partial charge in [-0.25, -0.2) is 4.98 Å². The Labute approximate surface area is 84.2 Å². The van der Waals surface area contributed by atoms with E-state index < -0.39 is 5.60 Å². The van der Waals surface area contributed by atoms with Gasteiger partial charge in [0, 0.05) is 19.4 Å². The fourth-order valence-corrected chi connectivity index (χ4v) is 2.09. The molecule has 0 aromatic carbocycles. The number of hydrogen-bond acceptors (Lipinski definition) is 3. The van der Waals surface area contributed by atoms with Crippen molar-refractivity contribution in [3.05, 3.63) is 12.4 Å². The van der Waals surface area contributed by atoms with E-state index >= 15 is 0 Å². The Morgan fingerprint density at radius 2 is 2.29 bits per heavy atom. The third-order valence-corrected chi connectivity index (χ3v) is 2.76. The van der Waals surface area contributed by atoms with Crippen molar-refractivity contribution in [3.8, 4) is 0 Å². The van der Waals surface area contributed by atoms with Gasteiger partial charge < -0.3 is 14.6 Å². The Bertz CT molecular complexity index is 315. The second-order valence-electron chi connectivity index (χ2n) is 4.17. The van der Waals surface area contributed by atoms with Crippen LogP contribution in [0.3, 0.4) is 0 Å². The molecular weight excluding hydrogens is 178 g/mol. The molecule has 1 aromatic rings. The van der Waals surface area contributed by atoms with Crippen molar-refractivity contribution in [3.63, 3.8) is 0 Å². The lowest BCUT2D eigenvalue weighted by atomic mass is 9.90. The molecule has 1 aliphatic rings. The number of imidazole rings is 1. The van der Waals surface area contributed by atoms with Gasteiger partial charge in [-0.1, -0.05) is 13.3 Å². The normalized spacial score (nSPS) is 19.5. The minimum atomic E-state index is -0.472. The van der Waals surface area contributed by atoms with Gasteiger partial charge in [-0.15, -0.1) is 0 Å². The first kappa shape index (κ1) is 9.52. The molecule has 0 aliphatic carbocycles. The quantitative estimate of drug-likeness (QED) is 0.774. The molecule has 2 rings (SSSR count). The molecule has 4 heteroatoms. The predicted octanol–water partition coefficient (Wildman–Crippen LogP) is 0.771. The number of rotatable bonds is 3. The van der Waals surface area contributed by atoms with E-state index in [2.05, 4.69) is 16.8 Å². The molecule has 14 heavy (non-hydrogen) atoms. The number of anilines is 1. The molecule has 1 aromatic heterocycles. The molecule has 1 fully saturated rings. The molecule has 78 valence electrons. The molecule has 0 atom stereocenters. The highest BCUT2D eigenvalue weighted by atomic mass is 16.3. The minimum Gasteiger partial charge on any atom is -0.386 e. The van der Waals surface area contributed by atoms with Gasteiger partial charge in [0.25, 0.3) is 0 Å². The minimum absolute atomic E-state index is 0.472. The topological polar surface area (TPSA) is 41.3 Å². The summed E-state index contributed by atoms with van der Waals surface area (Å²) in [5.41, 5.74) is -0.472. The van der Waals surface area contributed by atoms with Crippen LogP contribution in [-0.4, -0.2) is 33.3 Å². The van der Waals surface area contributed by atoms with E-state index in [0.717, 1.165) is 18.8 Å². The first-order valence-corrected chi connectivity index (χ1v) is 5.09. The molecule has 0 spiro atoms. The van der Waals surface area contributed by atoms with Gasteiger partial charge in [0.1, 0.15) is 0 Å². The number of nitrogens with zero attached hydrogens (tertiary/aromatic N) is 3. The monoisotopic (exact) mass is 195 g/mol. The fourth-order valence-electron chi connectivity index (χ4n) is 2.09. The lowest BCUT2D eigenvalue weighted by molar-refractivity contribution is 0.00221. The third-order valence-electron chi connectivity index (χ3n) is 2.76.